The van der Waals surface area contributed by atoms with Crippen molar-refractivity contribution in [1.29, 1.82) is 0 Å². The standard InChI is InChI=1S/C6H11O2/c1-3-6(8)4-5(2)7/h4-5,7H,3H2,1-2H3. The largest absolute Gasteiger partial charge is 0.393 e. The summed E-state index contributed by atoms with van der Waals surface area (Å²) in [7, 11) is 0. The second kappa shape index (κ2) is 3.61. The third-order valence-electron chi connectivity index (χ3n) is 0.776. The van der Waals surface area contributed by atoms with Crippen molar-refractivity contribution in [2.45, 2.75) is 26.4 Å². The molecule has 0 fully saturated rings. The highest BCUT2D eigenvalue weighted by Gasteiger charge is 2.01. The van der Waals surface area contributed by atoms with Gasteiger partial charge in [-0.25, -0.2) is 0 Å². The predicted octanol–water partition coefficient (Wildman–Crippen LogP) is 0.551. The summed E-state index contributed by atoms with van der Waals surface area (Å²) in [6.07, 6.45) is 1.19. The summed E-state index contributed by atoms with van der Waals surface area (Å²) in [5.41, 5.74) is 0. The van der Waals surface area contributed by atoms with Crippen LogP contribution in [0.1, 0.15) is 20.3 Å². The molecule has 0 rings (SSSR count). The Balaban J connectivity index is 3.25. The number of hydrogen-bond donors (Lipinski definition) is 1. The fourth-order valence-electron chi connectivity index (χ4n) is 0.387. The molecule has 0 spiro atoms. The highest BCUT2D eigenvalue weighted by atomic mass is 16.3. The van der Waals surface area contributed by atoms with Gasteiger partial charge in [0.15, 0.2) is 0 Å². The van der Waals surface area contributed by atoms with E-state index in [0.29, 0.717) is 6.42 Å². The minimum Gasteiger partial charge on any atom is -0.393 e. The lowest BCUT2D eigenvalue weighted by atomic mass is 10.2. The van der Waals surface area contributed by atoms with Gasteiger partial charge in [0.1, 0.15) is 5.78 Å². The van der Waals surface area contributed by atoms with E-state index >= 15 is 0 Å². The molecule has 0 aromatic carbocycles. The summed E-state index contributed by atoms with van der Waals surface area (Å²) in [6, 6.07) is 0. The van der Waals surface area contributed by atoms with Crippen LogP contribution < -0.4 is 0 Å². The summed E-state index contributed by atoms with van der Waals surface area (Å²) in [5.74, 6) is 0.000000000000000444. The third kappa shape index (κ3) is 3.81. The van der Waals surface area contributed by atoms with Crippen molar-refractivity contribution < 1.29 is 9.90 Å². The molecule has 2 nitrogen and oxygen atoms in total. The summed E-state index contributed by atoms with van der Waals surface area (Å²) in [6.45, 7) is 3.33. The molecule has 0 aliphatic rings. The van der Waals surface area contributed by atoms with Gasteiger partial charge in [-0.1, -0.05) is 6.92 Å². The molecule has 0 heterocycles. The zero-order valence-corrected chi connectivity index (χ0v) is 5.22. The molecule has 0 saturated carbocycles. The van der Waals surface area contributed by atoms with Crippen LogP contribution in [0.5, 0.6) is 0 Å². The van der Waals surface area contributed by atoms with Crippen LogP contribution in [0.15, 0.2) is 0 Å². The average molecular weight is 115 g/mol. The SMILES string of the molecule is CCC(=O)[CH]C(C)O. The van der Waals surface area contributed by atoms with Crippen molar-refractivity contribution in [2.24, 2.45) is 0 Å². The summed E-state index contributed by atoms with van der Waals surface area (Å²) >= 11 is 0. The molecule has 1 unspecified atom stereocenters. The van der Waals surface area contributed by atoms with Crippen LogP contribution in [-0.4, -0.2) is 17.0 Å². The molecule has 0 aromatic heterocycles. The molecular weight excluding hydrogens is 104 g/mol. The van der Waals surface area contributed by atoms with Gasteiger partial charge in [-0.05, 0) is 6.92 Å². The molecule has 47 valence electrons. The van der Waals surface area contributed by atoms with Crippen molar-refractivity contribution >= 4 is 5.78 Å². The molecule has 0 amide bonds. The monoisotopic (exact) mass is 115 g/mol. The van der Waals surface area contributed by atoms with Gasteiger partial charge in [0.2, 0.25) is 0 Å². The zero-order valence-electron chi connectivity index (χ0n) is 5.22. The minimum atomic E-state index is -0.595. The number of Topliss-reactive ketones (excluding diaryl/α,β-unsaturated/α-hetero) is 1. The molecular formula is C6H11O2. The molecule has 1 atom stereocenters. The van der Waals surface area contributed by atoms with Gasteiger partial charge < -0.3 is 5.11 Å². The maximum absolute atomic E-state index is 10.4. The zero-order chi connectivity index (χ0) is 6.57. The minimum absolute atomic E-state index is 0.000000000000000444. The first-order chi connectivity index (χ1) is 3.66. The third-order valence-corrected chi connectivity index (χ3v) is 0.776. The normalized spacial score (nSPS) is 13.4. The van der Waals surface area contributed by atoms with Gasteiger partial charge in [-0.3, -0.25) is 4.79 Å². The van der Waals surface area contributed by atoms with Crippen LogP contribution in [0.25, 0.3) is 0 Å². The number of carbonyl (C=O) groups is 1. The summed E-state index contributed by atoms with van der Waals surface area (Å²) < 4.78 is 0. The van der Waals surface area contributed by atoms with E-state index in [1.54, 1.807) is 13.8 Å². The topological polar surface area (TPSA) is 37.3 Å². The molecule has 0 bridgehead atoms. The van der Waals surface area contributed by atoms with E-state index in [4.69, 9.17) is 5.11 Å². The Morgan fingerprint density at radius 3 is 2.50 bits per heavy atom. The van der Waals surface area contributed by atoms with E-state index in [0.717, 1.165) is 0 Å². The number of aliphatic hydroxyl groups excluding tert-OH is 1. The summed E-state index contributed by atoms with van der Waals surface area (Å²) in [5, 5.41) is 8.58. The number of ketones is 1. The number of rotatable bonds is 3. The second-order valence-electron chi connectivity index (χ2n) is 1.73. The van der Waals surface area contributed by atoms with Crippen molar-refractivity contribution in [3.8, 4) is 0 Å². The molecule has 2 heteroatoms. The van der Waals surface area contributed by atoms with E-state index in [2.05, 4.69) is 0 Å². The molecule has 0 aromatic rings. The van der Waals surface area contributed by atoms with Crippen LogP contribution in [0.4, 0.5) is 0 Å². The van der Waals surface area contributed by atoms with E-state index in [-0.39, 0.29) is 5.78 Å². The van der Waals surface area contributed by atoms with Crippen molar-refractivity contribution in [1.82, 2.24) is 0 Å². The van der Waals surface area contributed by atoms with Crippen LogP contribution in [0.2, 0.25) is 0 Å². The number of carbonyl (C=O) groups excluding carboxylic acids is 1. The molecule has 1 radical (unpaired) electrons. The number of hydrogen-bond acceptors (Lipinski definition) is 2. The van der Waals surface area contributed by atoms with Gasteiger partial charge in [-0.2, -0.15) is 0 Å². The van der Waals surface area contributed by atoms with E-state index in [1.165, 1.54) is 6.42 Å². The van der Waals surface area contributed by atoms with E-state index < -0.39 is 6.10 Å². The molecule has 0 aliphatic carbocycles. The van der Waals surface area contributed by atoms with Gasteiger partial charge in [-0.15, -0.1) is 0 Å². The van der Waals surface area contributed by atoms with Crippen LogP contribution in [0, 0.1) is 6.42 Å². The lowest BCUT2D eigenvalue weighted by molar-refractivity contribution is -0.116. The molecule has 1 N–H and O–H groups in total. The fraction of sp³-hybridized carbons (Fsp3) is 0.667. The fourth-order valence-corrected chi connectivity index (χ4v) is 0.387. The predicted molar refractivity (Wildman–Crippen MR) is 31.3 cm³/mol. The first-order valence-corrected chi connectivity index (χ1v) is 2.72. The highest BCUT2D eigenvalue weighted by molar-refractivity contribution is 5.87. The van der Waals surface area contributed by atoms with Crippen molar-refractivity contribution in [3.63, 3.8) is 0 Å². The Morgan fingerprint density at radius 1 is 1.88 bits per heavy atom. The Hall–Kier alpha value is -0.370. The first kappa shape index (κ1) is 7.63. The second-order valence-corrected chi connectivity index (χ2v) is 1.73. The smallest absolute Gasteiger partial charge is 0.139 e. The lowest BCUT2D eigenvalue weighted by Crippen LogP contribution is -2.08. The van der Waals surface area contributed by atoms with Crippen LogP contribution >= 0.6 is 0 Å². The lowest BCUT2D eigenvalue weighted by Gasteiger charge is -1.97. The van der Waals surface area contributed by atoms with Crippen molar-refractivity contribution in [3.05, 3.63) is 6.42 Å². The summed E-state index contributed by atoms with van der Waals surface area (Å²) in [4.78, 5) is 10.4. The number of aliphatic hydroxyl groups is 1. The van der Waals surface area contributed by atoms with Crippen molar-refractivity contribution in [2.75, 3.05) is 0 Å². The van der Waals surface area contributed by atoms with E-state index in [1.807, 2.05) is 0 Å². The van der Waals surface area contributed by atoms with Gasteiger partial charge in [0.05, 0.1) is 12.5 Å². The van der Waals surface area contributed by atoms with Crippen LogP contribution in [-0.2, 0) is 4.79 Å². The Morgan fingerprint density at radius 2 is 2.38 bits per heavy atom. The highest BCUT2D eigenvalue weighted by Crippen LogP contribution is 1.91. The van der Waals surface area contributed by atoms with E-state index in [9.17, 15) is 4.79 Å². The molecule has 0 saturated heterocycles. The van der Waals surface area contributed by atoms with Crippen LogP contribution in [0.3, 0.4) is 0 Å². The van der Waals surface area contributed by atoms with Gasteiger partial charge in [0.25, 0.3) is 0 Å². The Labute approximate surface area is 49.5 Å². The average Bonchev–Trinajstić information content (AvgIpc) is 1.65. The Bertz CT molecular complexity index is 76.6. The molecule has 8 heavy (non-hydrogen) atoms. The molecule has 0 aliphatic heterocycles. The maximum Gasteiger partial charge on any atom is 0.139 e. The van der Waals surface area contributed by atoms with Gasteiger partial charge >= 0.3 is 0 Å². The Kier molecular flexibility index (Phi) is 3.44. The quantitative estimate of drug-likeness (QED) is 0.583. The van der Waals surface area contributed by atoms with Gasteiger partial charge in [0, 0.05) is 6.42 Å². The maximum atomic E-state index is 10.4. The first-order valence-electron chi connectivity index (χ1n) is 2.72.